The number of carbonyl (C=O) groups excluding carboxylic acids is 4. The molecule has 4 aromatic rings. The highest BCUT2D eigenvalue weighted by molar-refractivity contribution is 7.13. The minimum atomic E-state index is -4.80. The van der Waals surface area contributed by atoms with E-state index in [-0.39, 0.29) is 89.0 Å². The summed E-state index contributed by atoms with van der Waals surface area (Å²) in [6.45, 7) is 14.5. The van der Waals surface area contributed by atoms with Crippen LogP contribution in [0.5, 0.6) is 5.75 Å². The van der Waals surface area contributed by atoms with Gasteiger partial charge in [0.2, 0.25) is 11.8 Å². The number of carbonyl (C=O) groups is 4. The van der Waals surface area contributed by atoms with Crippen LogP contribution in [0.25, 0.3) is 10.4 Å². The van der Waals surface area contributed by atoms with E-state index in [0.29, 0.717) is 17.2 Å². The molecule has 0 aliphatic carbocycles. The first kappa shape index (κ1) is 52.0. The summed E-state index contributed by atoms with van der Waals surface area (Å²) in [5, 5.41) is 22.7. The number of benzene rings is 3. The van der Waals surface area contributed by atoms with Crippen molar-refractivity contribution in [1.29, 1.82) is 5.26 Å². The summed E-state index contributed by atoms with van der Waals surface area (Å²) < 4.78 is 64.1. The van der Waals surface area contributed by atoms with Crippen LogP contribution in [0.1, 0.15) is 56.5 Å². The minimum Gasteiger partial charge on any atom is -0.493 e. The molecule has 0 radical (unpaired) electrons. The average molecular weight is 1000 g/mol. The summed E-state index contributed by atoms with van der Waals surface area (Å²) in [7, 11) is 0. The summed E-state index contributed by atoms with van der Waals surface area (Å²) in [6, 6.07) is 17.5. The predicted octanol–water partition coefficient (Wildman–Crippen LogP) is 6.57. The maximum Gasteiger partial charge on any atom is 0.417 e. The van der Waals surface area contributed by atoms with E-state index in [4.69, 9.17) is 18.9 Å². The first-order chi connectivity index (χ1) is 33.8. The molecule has 2 fully saturated rings. The van der Waals surface area contributed by atoms with Gasteiger partial charge in [0.1, 0.15) is 48.2 Å². The summed E-state index contributed by atoms with van der Waals surface area (Å²) >= 11 is 1.56. The fraction of sp³-hybridized carbons (Fsp3) is 0.412. The number of thiazole rings is 1. The van der Waals surface area contributed by atoms with Gasteiger partial charge in [-0.25, -0.2) is 4.98 Å². The number of aliphatic hydroxyl groups excluding tert-OH is 1. The molecule has 0 saturated carbocycles. The second-order valence-electron chi connectivity index (χ2n) is 18.0. The number of aryl methyl sites for hydroxylation is 1. The second kappa shape index (κ2) is 22.1. The summed E-state index contributed by atoms with van der Waals surface area (Å²) in [5.41, 5.74) is 2.26. The Bertz CT molecular complexity index is 2680. The molecule has 3 aromatic carbocycles. The normalized spacial score (nSPS) is 18.3. The Morgan fingerprint density at radius 1 is 0.972 bits per heavy atom. The van der Waals surface area contributed by atoms with E-state index in [1.165, 1.54) is 21.9 Å². The predicted molar refractivity (Wildman–Crippen MR) is 258 cm³/mol. The van der Waals surface area contributed by atoms with Crippen molar-refractivity contribution >= 4 is 46.3 Å². The number of amides is 4. The highest BCUT2D eigenvalue weighted by Gasteiger charge is 2.50. The Hall–Kier alpha value is -6.79. The number of anilines is 2. The lowest BCUT2D eigenvalue weighted by molar-refractivity contribution is -0.147. The van der Waals surface area contributed by atoms with Gasteiger partial charge in [-0.2, -0.15) is 18.4 Å². The topological polar surface area (TPSA) is 187 Å². The van der Waals surface area contributed by atoms with Gasteiger partial charge in [0, 0.05) is 31.3 Å². The van der Waals surface area contributed by atoms with Crippen molar-refractivity contribution in [2.75, 3.05) is 62.5 Å². The number of nitrogens with zero attached hydrogens (tertiary/aromatic N) is 6. The monoisotopic (exact) mass is 999 g/mol. The molecule has 2 saturated heterocycles. The standard InChI is InChI=1S/C51H56F3N7O9S/c1-31(2)45(48(65)58-28-39(62)24-43(58)47(64)56-27-34-7-9-35(10-8-34)46-32(3)57-30-71-46)59-29-41(25-44(59)63)70-22-20-68-18-17-67-19-21-69-40-15-13-37(14-16-40)61-33(4)60(49(66)50(61,5)6)38-12-11-36(26-55)42(23-38)51(52,53)54/h7-16,23,25,30-31,39,43,45,62H,4,17-22,24,27-29H2,1-3,5-6H3,(H,56,64)/t39-,43+,45+/m1/s1. The molecular formula is C51H56F3N7O9S. The highest BCUT2D eigenvalue weighted by Crippen LogP contribution is 2.43. The van der Waals surface area contributed by atoms with Crippen LogP contribution in [0.2, 0.25) is 0 Å². The van der Waals surface area contributed by atoms with Gasteiger partial charge in [0.05, 0.1) is 78.0 Å². The fourth-order valence-electron chi connectivity index (χ4n) is 8.86. The number of hydrogen-bond donors (Lipinski definition) is 2. The largest absolute Gasteiger partial charge is 0.493 e. The fourth-order valence-corrected chi connectivity index (χ4v) is 9.67. The number of alkyl halides is 3. The molecule has 0 unspecified atom stereocenters. The number of nitriles is 1. The Morgan fingerprint density at radius 3 is 2.24 bits per heavy atom. The zero-order valence-electron chi connectivity index (χ0n) is 40.0. The first-order valence-electron chi connectivity index (χ1n) is 23.0. The van der Waals surface area contributed by atoms with Crippen LogP contribution in [0.3, 0.4) is 0 Å². The van der Waals surface area contributed by atoms with Gasteiger partial charge in [-0.05, 0) is 80.3 Å². The maximum atomic E-state index is 14.1. The number of likely N-dealkylation sites (tertiary alicyclic amines) is 1. The van der Waals surface area contributed by atoms with Crippen LogP contribution >= 0.6 is 11.3 Å². The molecule has 20 heteroatoms. The molecule has 4 amide bonds. The van der Waals surface area contributed by atoms with Gasteiger partial charge in [-0.1, -0.05) is 44.7 Å². The molecule has 3 aliphatic heterocycles. The van der Waals surface area contributed by atoms with E-state index in [2.05, 4.69) is 16.9 Å². The second-order valence-corrected chi connectivity index (χ2v) is 18.9. The van der Waals surface area contributed by atoms with E-state index in [1.54, 1.807) is 65.9 Å². The number of nitrogens with one attached hydrogen (secondary N) is 1. The lowest BCUT2D eigenvalue weighted by Gasteiger charge is -2.35. The van der Waals surface area contributed by atoms with Crippen LogP contribution in [-0.2, 0) is 46.1 Å². The molecule has 2 N–H and O–H groups in total. The number of β-amino-alcohol motifs (C(OH)–C–C–N with tert-alkyl or cyclic N) is 1. The Morgan fingerprint density at radius 2 is 1.62 bits per heavy atom. The first-order valence-corrected chi connectivity index (χ1v) is 23.9. The van der Waals surface area contributed by atoms with Crippen molar-refractivity contribution in [1.82, 2.24) is 20.1 Å². The van der Waals surface area contributed by atoms with Crippen molar-refractivity contribution < 1.29 is 56.4 Å². The highest BCUT2D eigenvalue weighted by atomic mass is 32.1. The molecule has 3 atom stereocenters. The number of aliphatic hydroxyl groups is 1. The molecule has 7 rings (SSSR count). The van der Waals surface area contributed by atoms with Gasteiger partial charge >= 0.3 is 6.18 Å². The molecule has 16 nitrogen and oxygen atoms in total. The van der Waals surface area contributed by atoms with E-state index in [0.717, 1.165) is 38.7 Å². The number of hydrogen-bond acceptors (Lipinski definition) is 13. The lowest BCUT2D eigenvalue weighted by Crippen LogP contribution is -2.55. The maximum absolute atomic E-state index is 14.1. The number of aromatic nitrogens is 1. The van der Waals surface area contributed by atoms with E-state index < -0.39 is 58.8 Å². The Balaban J connectivity index is 0.798. The van der Waals surface area contributed by atoms with Crippen molar-refractivity contribution in [3.8, 4) is 22.3 Å². The van der Waals surface area contributed by atoms with Gasteiger partial charge in [-0.3, -0.25) is 24.1 Å². The summed E-state index contributed by atoms with van der Waals surface area (Å²) in [4.78, 5) is 65.3. The van der Waals surface area contributed by atoms with Crippen LogP contribution in [0, 0.1) is 24.2 Å². The molecule has 376 valence electrons. The smallest absolute Gasteiger partial charge is 0.417 e. The molecule has 3 aliphatic rings. The van der Waals surface area contributed by atoms with Crippen LogP contribution in [-0.4, -0.2) is 120 Å². The Kier molecular flexibility index (Phi) is 16.2. The number of ether oxygens (including phenoxy) is 4. The van der Waals surface area contributed by atoms with Gasteiger partial charge < -0.3 is 44.1 Å². The quantitative estimate of drug-likeness (QED) is 0.0909. The van der Waals surface area contributed by atoms with Gasteiger partial charge in [-0.15, -0.1) is 11.3 Å². The van der Waals surface area contributed by atoms with Crippen molar-refractivity contribution in [2.24, 2.45) is 5.92 Å². The van der Waals surface area contributed by atoms with Crippen molar-refractivity contribution in [3.05, 3.63) is 119 Å². The molecule has 4 heterocycles. The summed E-state index contributed by atoms with van der Waals surface area (Å²) in [6.07, 6.45) is -4.26. The minimum absolute atomic E-state index is 0.0295. The zero-order chi connectivity index (χ0) is 51.2. The van der Waals surface area contributed by atoms with Crippen molar-refractivity contribution in [2.45, 2.75) is 77.5 Å². The average Bonchev–Trinajstić information content (AvgIpc) is 4.09. The van der Waals surface area contributed by atoms with Gasteiger partial charge in [0.25, 0.3) is 11.8 Å². The molecule has 0 bridgehead atoms. The number of rotatable bonds is 20. The third-order valence-electron chi connectivity index (χ3n) is 12.4. The van der Waals surface area contributed by atoms with E-state index in [9.17, 15) is 42.7 Å². The van der Waals surface area contributed by atoms with Crippen LogP contribution in [0.15, 0.2) is 96.5 Å². The lowest BCUT2D eigenvalue weighted by atomic mass is 10.0. The SMILES string of the molecule is C=C1N(c2ccc(C#N)c(C(F)(F)F)c2)C(=O)C(C)(C)N1c1ccc(OCCOCCOCCOC2=CC(=O)N([C@H](C(=O)N3C[C@H](O)C[C@H]3C(=O)NCc3ccc(-c4scnc4C)cc3)C(C)C)C2)cc1. The van der Waals surface area contributed by atoms with E-state index in [1.807, 2.05) is 45.0 Å². The summed E-state index contributed by atoms with van der Waals surface area (Å²) in [5.74, 6) is -0.967. The molecule has 1 aromatic heterocycles. The van der Waals surface area contributed by atoms with Crippen molar-refractivity contribution in [3.63, 3.8) is 0 Å². The molecule has 71 heavy (non-hydrogen) atoms. The van der Waals surface area contributed by atoms with Crippen LogP contribution < -0.4 is 19.9 Å². The third-order valence-corrected chi connectivity index (χ3v) is 13.4. The zero-order valence-corrected chi connectivity index (χ0v) is 40.8. The van der Waals surface area contributed by atoms with E-state index >= 15 is 0 Å². The molecule has 0 spiro atoms. The Labute approximate surface area is 413 Å². The molecular weight excluding hydrogens is 944 g/mol. The van der Waals surface area contributed by atoms with Crippen LogP contribution in [0.4, 0.5) is 24.5 Å². The number of halogens is 3. The third kappa shape index (κ3) is 11.7. The van der Waals surface area contributed by atoms with Gasteiger partial charge in [0.15, 0.2) is 0 Å².